The molecule has 1 aromatic rings. The third-order valence-corrected chi connectivity index (χ3v) is 8.43. The van der Waals surface area contributed by atoms with E-state index in [-0.39, 0.29) is 18.4 Å². The lowest BCUT2D eigenvalue weighted by Crippen LogP contribution is -2.64. The number of ether oxygens (including phenoxy) is 2. The summed E-state index contributed by atoms with van der Waals surface area (Å²) in [7, 11) is 2.86. The minimum Gasteiger partial charge on any atom is -0.467 e. The Morgan fingerprint density at radius 1 is 0.957 bits per heavy atom. The van der Waals surface area contributed by atoms with Gasteiger partial charge in [-0.1, -0.05) is 78.8 Å². The first-order valence-electron chi connectivity index (χ1n) is 16.1. The molecule has 11 nitrogen and oxygen atoms in total. The van der Waals surface area contributed by atoms with E-state index in [9.17, 15) is 24.0 Å². The number of likely N-dealkylation sites (N-methyl/N-ethyl adjacent to an activating group) is 1. The first kappa shape index (κ1) is 38.7. The van der Waals surface area contributed by atoms with Crippen molar-refractivity contribution in [3.63, 3.8) is 0 Å². The molecule has 258 valence electrons. The summed E-state index contributed by atoms with van der Waals surface area (Å²) in [6.45, 7) is 18.5. The minimum atomic E-state index is -1.02. The number of nitrogens with zero attached hydrogens (tertiary/aromatic N) is 2. The molecule has 0 bridgehead atoms. The molecule has 0 spiro atoms. The summed E-state index contributed by atoms with van der Waals surface area (Å²) in [6.07, 6.45) is 1.15. The Morgan fingerprint density at radius 3 is 2.04 bits per heavy atom. The van der Waals surface area contributed by atoms with Gasteiger partial charge in [-0.05, 0) is 50.5 Å². The molecule has 1 aliphatic heterocycles. The molecule has 4 unspecified atom stereocenters. The highest BCUT2D eigenvalue weighted by Crippen LogP contribution is 2.30. The summed E-state index contributed by atoms with van der Waals surface area (Å²) in [4.78, 5) is 70.4. The third-order valence-electron chi connectivity index (χ3n) is 8.43. The van der Waals surface area contributed by atoms with Gasteiger partial charge in [-0.15, -0.1) is 0 Å². The number of carbonyl (C=O) groups excluding carboxylic acids is 5. The van der Waals surface area contributed by atoms with Gasteiger partial charge in [-0.3, -0.25) is 24.5 Å². The average Bonchev–Trinajstić information content (AvgIpc) is 3.44. The van der Waals surface area contributed by atoms with E-state index < -0.39 is 64.4 Å². The normalized spacial score (nSPS) is 17.6. The Morgan fingerprint density at radius 2 is 1.54 bits per heavy atom. The van der Waals surface area contributed by atoms with Crippen LogP contribution in [-0.2, 0) is 38.9 Å². The fourth-order valence-electron chi connectivity index (χ4n) is 5.97. The maximum absolute atomic E-state index is 14.3. The number of hydrogen-bond donors (Lipinski definition) is 2. The Bertz CT molecular complexity index is 1230. The number of amides is 3. The number of benzene rings is 1. The van der Waals surface area contributed by atoms with Gasteiger partial charge in [0.25, 0.3) is 0 Å². The number of carbonyl (C=O) groups is 5. The van der Waals surface area contributed by atoms with Crippen LogP contribution in [0.25, 0.3) is 0 Å². The van der Waals surface area contributed by atoms with Crippen LogP contribution in [0.5, 0.6) is 0 Å². The van der Waals surface area contributed by atoms with Crippen molar-refractivity contribution in [2.24, 2.45) is 11.3 Å². The lowest BCUT2D eigenvalue weighted by atomic mass is 9.76. The number of esters is 2. The van der Waals surface area contributed by atoms with Crippen LogP contribution in [0.15, 0.2) is 30.3 Å². The monoisotopic (exact) mass is 644 g/mol. The van der Waals surface area contributed by atoms with Crippen molar-refractivity contribution >= 4 is 29.7 Å². The van der Waals surface area contributed by atoms with Crippen molar-refractivity contribution in [3.05, 3.63) is 35.9 Å². The molecule has 1 aliphatic rings. The highest BCUT2D eigenvalue weighted by molar-refractivity contribution is 5.95. The largest absolute Gasteiger partial charge is 0.467 e. The van der Waals surface area contributed by atoms with Gasteiger partial charge >= 0.3 is 11.9 Å². The van der Waals surface area contributed by atoms with Crippen LogP contribution in [0.1, 0.15) is 87.6 Å². The van der Waals surface area contributed by atoms with Crippen molar-refractivity contribution in [2.45, 2.75) is 117 Å². The van der Waals surface area contributed by atoms with Crippen LogP contribution >= 0.6 is 0 Å². The molecule has 0 saturated carbocycles. The van der Waals surface area contributed by atoms with E-state index in [1.807, 2.05) is 78.8 Å². The summed E-state index contributed by atoms with van der Waals surface area (Å²) in [5, 5.41) is 6.09. The lowest BCUT2D eigenvalue weighted by Gasteiger charge is -2.41. The Hall–Kier alpha value is -3.47. The Kier molecular flexibility index (Phi) is 13.0. The zero-order valence-corrected chi connectivity index (χ0v) is 29.9. The van der Waals surface area contributed by atoms with Gasteiger partial charge in [-0.2, -0.15) is 0 Å². The smallest absolute Gasteiger partial charge is 0.328 e. The quantitative estimate of drug-likeness (QED) is 0.331. The van der Waals surface area contributed by atoms with E-state index in [4.69, 9.17) is 9.47 Å². The summed E-state index contributed by atoms with van der Waals surface area (Å²) in [5.74, 6) is -2.52. The SMILES string of the molecule is COC(=O)C1CCCN1C(=O)C(C(C)C)N(C)C(=O)C(NC(=O)C(NCC(=O)OC(C)(C)C)C(C)(C)c1ccccc1)C(C)(C)C. The van der Waals surface area contributed by atoms with Gasteiger partial charge in [-0.25, -0.2) is 4.79 Å². The second-order valence-electron chi connectivity index (χ2n) is 15.1. The van der Waals surface area contributed by atoms with Crippen molar-refractivity contribution in [3.8, 4) is 0 Å². The molecule has 2 N–H and O–H groups in total. The molecule has 1 heterocycles. The van der Waals surface area contributed by atoms with Gasteiger partial charge in [0.15, 0.2) is 0 Å². The Labute approximate surface area is 275 Å². The van der Waals surface area contributed by atoms with E-state index in [1.165, 1.54) is 16.9 Å². The zero-order valence-electron chi connectivity index (χ0n) is 29.9. The van der Waals surface area contributed by atoms with Gasteiger partial charge < -0.3 is 24.6 Å². The first-order valence-corrected chi connectivity index (χ1v) is 16.1. The summed E-state index contributed by atoms with van der Waals surface area (Å²) < 4.78 is 10.4. The van der Waals surface area contributed by atoms with Crippen LogP contribution in [-0.4, -0.2) is 96.5 Å². The summed E-state index contributed by atoms with van der Waals surface area (Å²) in [5.41, 5.74) is -1.39. The highest BCUT2D eigenvalue weighted by Gasteiger charge is 2.45. The van der Waals surface area contributed by atoms with Gasteiger partial charge in [0.1, 0.15) is 23.7 Å². The molecule has 0 aliphatic carbocycles. The van der Waals surface area contributed by atoms with E-state index in [2.05, 4.69) is 10.6 Å². The van der Waals surface area contributed by atoms with Crippen LogP contribution in [0.2, 0.25) is 0 Å². The maximum atomic E-state index is 14.3. The number of nitrogens with one attached hydrogen (secondary N) is 2. The minimum absolute atomic E-state index is 0.221. The van der Waals surface area contributed by atoms with Crippen LogP contribution < -0.4 is 10.6 Å². The predicted molar refractivity (Wildman–Crippen MR) is 177 cm³/mol. The van der Waals surface area contributed by atoms with Gasteiger partial charge in [0, 0.05) is 19.0 Å². The van der Waals surface area contributed by atoms with Crippen molar-refractivity contribution in [2.75, 3.05) is 27.2 Å². The zero-order chi connectivity index (χ0) is 35.2. The van der Waals surface area contributed by atoms with E-state index in [1.54, 1.807) is 27.8 Å². The molecular weight excluding hydrogens is 588 g/mol. The average molecular weight is 645 g/mol. The molecule has 46 heavy (non-hydrogen) atoms. The van der Waals surface area contributed by atoms with Crippen molar-refractivity contribution in [1.29, 1.82) is 0 Å². The standard InChI is InChI=1S/C35H56N4O7/c1-22(2)26(30(42)39-20-16-19-24(39)32(44)45-12)38(11)31(43)28(33(3,4)5)37-29(41)27(36-21-25(40)46-34(6,7)8)35(9,10)23-17-14-13-15-18-23/h13-15,17-18,22,24,26-28,36H,16,19-21H2,1-12H3,(H,37,41). The molecule has 1 saturated heterocycles. The number of hydrogen-bond acceptors (Lipinski definition) is 8. The van der Waals surface area contributed by atoms with Crippen molar-refractivity contribution in [1.82, 2.24) is 20.4 Å². The number of likely N-dealkylation sites (tertiary alicyclic amines) is 1. The molecule has 11 heteroatoms. The molecule has 0 aromatic heterocycles. The summed E-state index contributed by atoms with van der Waals surface area (Å²) >= 11 is 0. The molecule has 1 aromatic carbocycles. The van der Waals surface area contributed by atoms with Crippen molar-refractivity contribution < 1.29 is 33.4 Å². The highest BCUT2D eigenvalue weighted by atomic mass is 16.6. The molecule has 4 atom stereocenters. The first-order chi connectivity index (χ1) is 21.1. The molecule has 0 radical (unpaired) electrons. The lowest BCUT2D eigenvalue weighted by molar-refractivity contribution is -0.156. The van der Waals surface area contributed by atoms with Crippen LogP contribution in [0.3, 0.4) is 0 Å². The maximum Gasteiger partial charge on any atom is 0.328 e. The fraction of sp³-hybridized carbons (Fsp3) is 0.686. The third kappa shape index (κ3) is 9.77. The summed E-state index contributed by atoms with van der Waals surface area (Å²) in [6, 6.07) is 5.94. The molecular formula is C35H56N4O7. The number of rotatable bonds is 12. The van der Waals surface area contributed by atoms with E-state index in [0.717, 1.165) is 5.56 Å². The fourth-order valence-corrected chi connectivity index (χ4v) is 5.97. The molecule has 3 amide bonds. The topological polar surface area (TPSA) is 134 Å². The second kappa shape index (κ2) is 15.4. The molecule has 1 fully saturated rings. The molecule has 2 rings (SSSR count). The second-order valence-corrected chi connectivity index (χ2v) is 15.1. The van der Waals surface area contributed by atoms with Crippen LogP contribution in [0, 0.1) is 11.3 Å². The van der Waals surface area contributed by atoms with E-state index in [0.29, 0.717) is 19.4 Å². The predicted octanol–water partition coefficient (Wildman–Crippen LogP) is 3.44. The van der Waals surface area contributed by atoms with E-state index >= 15 is 0 Å². The van der Waals surface area contributed by atoms with Crippen LogP contribution in [0.4, 0.5) is 0 Å². The Balaban J connectivity index is 2.43. The number of methoxy groups -OCH3 is 1. The van der Waals surface area contributed by atoms with Gasteiger partial charge in [0.2, 0.25) is 17.7 Å². The van der Waals surface area contributed by atoms with Gasteiger partial charge in [0.05, 0.1) is 19.7 Å².